The van der Waals surface area contributed by atoms with Crippen LogP contribution in [0.1, 0.15) is 59.8 Å². The summed E-state index contributed by atoms with van der Waals surface area (Å²) in [6.45, 7) is 7.12. The van der Waals surface area contributed by atoms with Crippen LogP contribution in [0.2, 0.25) is 0 Å². The normalized spacial score (nSPS) is 14.6. The molecule has 0 rings (SSSR count). The van der Waals surface area contributed by atoms with Crippen molar-refractivity contribution >= 4 is 35.6 Å². The highest BCUT2D eigenvalue weighted by atomic mass is 16.4. The third-order valence-corrected chi connectivity index (χ3v) is 4.93. The zero-order valence-electron chi connectivity index (χ0n) is 20.0. The largest absolute Gasteiger partial charge is 0.481 e. The lowest BCUT2D eigenvalue weighted by Gasteiger charge is -2.26. The van der Waals surface area contributed by atoms with E-state index in [1.165, 1.54) is 0 Å². The van der Waals surface area contributed by atoms with Crippen LogP contribution >= 0.6 is 0 Å². The van der Waals surface area contributed by atoms with Gasteiger partial charge in [-0.15, -0.1) is 0 Å². The number of hydrogen-bond acceptors (Lipinski definition) is 7. The van der Waals surface area contributed by atoms with Crippen LogP contribution < -0.4 is 27.4 Å². The van der Waals surface area contributed by atoms with Crippen LogP contribution in [0.5, 0.6) is 0 Å². The van der Waals surface area contributed by atoms with E-state index in [1.807, 2.05) is 13.8 Å². The highest BCUT2D eigenvalue weighted by Gasteiger charge is 2.31. The first-order chi connectivity index (χ1) is 15.6. The summed E-state index contributed by atoms with van der Waals surface area (Å²) in [4.78, 5) is 71.4. The predicted octanol–water partition coefficient (Wildman–Crippen LogP) is -1.31. The molecule has 4 amide bonds. The fraction of sp³-hybridized carbons (Fsp3) is 0.714. The fourth-order valence-corrected chi connectivity index (χ4v) is 2.90. The van der Waals surface area contributed by atoms with E-state index in [-0.39, 0.29) is 37.5 Å². The first-order valence-corrected chi connectivity index (χ1v) is 11.0. The van der Waals surface area contributed by atoms with Crippen LogP contribution in [0, 0.1) is 11.8 Å². The molecule has 194 valence electrons. The van der Waals surface area contributed by atoms with Gasteiger partial charge in [-0.1, -0.05) is 27.7 Å². The van der Waals surface area contributed by atoms with Crippen LogP contribution in [-0.4, -0.2) is 69.9 Å². The Morgan fingerprint density at radius 3 is 1.65 bits per heavy atom. The predicted molar refractivity (Wildman–Crippen MR) is 121 cm³/mol. The quantitative estimate of drug-likeness (QED) is 0.137. The maximum atomic E-state index is 12.9. The van der Waals surface area contributed by atoms with Crippen LogP contribution in [-0.2, 0) is 28.8 Å². The zero-order valence-corrected chi connectivity index (χ0v) is 20.0. The van der Waals surface area contributed by atoms with Crippen LogP contribution in [0.3, 0.4) is 0 Å². The van der Waals surface area contributed by atoms with Gasteiger partial charge in [0.2, 0.25) is 23.6 Å². The van der Waals surface area contributed by atoms with Crippen molar-refractivity contribution in [3.8, 4) is 0 Å². The Labute approximate surface area is 198 Å². The maximum absolute atomic E-state index is 12.9. The van der Waals surface area contributed by atoms with Gasteiger partial charge in [0.15, 0.2) is 0 Å². The van der Waals surface area contributed by atoms with Gasteiger partial charge in [0.05, 0.1) is 6.04 Å². The Kier molecular flexibility index (Phi) is 13.4. The van der Waals surface area contributed by atoms with Crippen molar-refractivity contribution in [2.75, 3.05) is 0 Å². The average molecular weight is 488 g/mol. The molecule has 0 aliphatic carbocycles. The lowest BCUT2D eigenvalue weighted by atomic mass is 10.00. The molecule has 0 saturated heterocycles. The number of rotatable bonds is 16. The first-order valence-electron chi connectivity index (χ1n) is 11.0. The van der Waals surface area contributed by atoms with E-state index in [0.29, 0.717) is 0 Å². The molecule has 0 aromatic heterocycles. The summed E-state index contributed by atoms with van der Waals surface area (Å²) in [6.07, 6.45) is -1.19. The Morgan fingerprint density at radius 2 is 1.21 bits per heavy atom. The highest BCUT2D eigenvalue weighted by molar-refractivity contribution is 5.94. The second-order valence-electron chi connectivity index (χ2n) is 8.86. The van der Waals surface area contributed by atoms with Gasteiger partial charge in [-0.25, -0.2) is 4.79 Å². The Bertz CT molecular complexity index is 755. The minimum absolute atomic E-state index is 0.0252. The van der Waals surface area contributed by atoms with Crippen molar-refractivity contribution in [3.05, 3.63) is 0 Å². The second-order valence-corrected chi connectivity index (χ2v) is 8.86. The number of aliphatic carboxylic acids is 2. The summed E-state index contributed by atoms with van der Waals surface area (Å²) in [5, 5.41) is 25.4. The molecule has 0 spiro atoms. The molecule has 13 heteroatoms. The third-order valence-electron chi connectivity index (χ3n) is 4.93. The summed E-state index contributed by atoms with van der Waals surface area (Å²) in [7, 11) is 0. The lowest BCUT2D eigenvalue weighted by molar-refractivity contribution is -0.143. The molecule has 0 aromatic rings. The SMILES string of the molecule is CC(C)CC(NC(=O)C(N)C(C)C)C(=O)NC(CCC(=O)O)C(=O)NC(CCC(N)=O)C(=O)O. The number of primary amides is 1. The van der Waals surface area contributed by atoms with E-state index >= 15 is 0 Å². The van der Waals surface area contributed by atoms with Gasteiger partial charge in [0.1, 0.15) is 18.1 Å². The molecule has 0 radical (unpaired) electrons. The van der Waals surface area contributed by atoms with Gasteiger partial charge in [-0.3, -0.25) is 24.0 Å². The van der Waals surface area contributed by atoms with E-state index in [2.05, 4.69) is 16.0 Å². The Hall–Kier alpha value is -3.22. The molecule has 13 nitrogen and oxygen atoms in total. The molecule has 4 unspecified atom stereocenters. The Balaban J connectivity index is 5.59. The van der Waals surface area contributed by atoms with Crippen molar-refractivity contribution in [1.82, 2.24) is 16.0 Å². The lowest BCUT2D eigenvalue weighted by Crippen LogP contribution is -2.57. The van der Waals surface area contributed by atoms with Gasteiger partial charge >= 0.3 is 11.9 Å². The minimum atomic E-state index is -1.47. The van der Waals surface area contributed by atoms with Gasteiger partial charge in [-0.2, -0.15) is 0 Å². The van der Waals surface area contributed by atoms with Crippen LogP contribution in [0.4, 0.5) is 0 Å². The maximum Gasteiger partial charge on any atom is 0.326 e. The summed E-state index contributed by atoms with van der Waals surface area (Å²) in [6, 6.07) is -4.79. The Morgan fingerprint density at radius 1 is 0.735 bits per heavy atom. The molecule has 0 saturated carbocycles. The minimum Gasteiger partial charge on any atom is -0.481 e. The molecular formula is C21H37N5O8. The number of carbonyl (C=O) groups excluding carboxylic acids is 4. The number of nitrogens with one attached hydrogen (secondary N) is 3. The fourth-order valence-electron chi connectivity index (χ4n) is 2.90. The smallest absolute Gasteiger partial charge is 0.326 e. The van der Waals surface area contributed by atoms with Gasteiger partial charge in [0.25, 0.3) is 0 Å². The molecule has 0 aromatic carbocycles. The topological polar surface area (TPSA) is 231 Å². The summed E-state index contributed by atoms with van der Waals surface area (Å²) in [5.41, 5.74) is 10.9. The van der Waals surface area contributed by atoms with Crippen LogP contribution in [0.15, 0.2) is 0 Å². The van der Waals surface area contributed by atoms with E-state index in [4.69, 9.17) is 16.6 Å². The van der Waals surface area contributed by atoms with E-state index in [9.17, 15) is 33.9 Å². The first kappa shape index (κ1) is 30.8. The molecule has 0 heterocycles. The molecule has 9 N–H and O–H groups in total. The number of amides is 4. The number of nitrogens with two attached hydrogens (primary N) is 2. The summed E-state index contributed by atoms with van der Waals surface area (Å²) >= 11 is 0. The summed E-state index contributed by atoms with van der Waals surface area (Å²) < 4.78 is 0. The molecule has 0 aliphatic heterocycles. The number of hydrogen-bond donors (Lipinski definition) is 7. The van der Waals surface area contributed by atoms with Gasteiger partial charge < -0.3 is 37.6 Å². The van der Waals surface area contributed by atoms with Gasteiger partial charge in [0, 0.05) is 12.8 Å². The van der Waals surface area contributed by atoms with Crippen molar-refractivity contribution in [3.63, 3.8) is 0 Å². The molecule has 0 aliphatic rings. The molecule has 0 bridgehead atoms. The highest BCUT2D eigenvalue weighted by Crippen LogP contribution is 2.09. The number of carboxylic acids is 2. The van der Waals surface area contributed by atoms with E-state index < -0.39 is 66.2 Å². The molecule has 34 heavy (non-hydrogen) atoms. The molecular weight excluding hydrogens is 450 g/mol. The zero-order chi connectivity index (χ0) is 26.6. The van der Waals surface area contributed by atoms with Crippen molar-refractivity contribution < 1.29 is 39.0 Å². The van der Waals surface area contributed by atoms with Crippen molar-refractivity contribution in [2.24, 2.45) is 23.3 Å². The summed E-state index contributed by atoms with van der Waals surface area (Å²) in [5.74, 6) is -5.88. The number of carboxylic acid groups (broad SMARTS) is 2. The number of carbonyl (C=O) groups is 6. The van der Waals surface area contributed by atoms with E-state index in [1.54, 1.807) is 13.8 Å². The standard InChI is InChI=1S/C21H37N5O8/c1-10(2)9-14(26-20(32)17(23)11(3)4)19(31)24-12(6-8-16(28)29)18(30)25-13(21(33)34)5-7-15(22)27/h10-14,17H,5-9,23H2,1-4H3,(H2,22,27)(H,24,31)(H,25,30)(H,26,32)(H,28,29)(H,33,34). The molecule has 0 fully saturated rings. The van der Waals surface area contributed by atoms with E-state index in [0.717, 1.165) is 0 Å². The van der Waals surface area contributed by atoms with Crippen molar-refractivity contribution in [2.45, 2.75) is 84.0 Å². The van der Waals surface area contributed by atoms with Crippen LogP contribution in [0.25, 0.3) is 0 Å². The van der Waals surface area contributed by atoms with Crippen molar-refractivity contribution in [1.29, 1.82) is 0 Å². The third kappa shape index (κ3) is 12.1. The van der Waals surface area contributed by atoms with Gasteiger partial charge in [-0.05, 0) is 31.1 Å². The monoisotopic (exact) mass is 487 g/mol. The average Bonchev–Trinajstić information content (AvgIpc) is 2.71. The molecule has 4 atom stereocenters. The second kappa shape index (κ2) is 14.8.